The number of piperidine rings is 1. The summed E-state index contributed by atoms with van der Waals surface area (Å²) in [4.78, 5) is 2.34. The van der Waals surface area contributed by atoms with Gasteiger partial charge in [0.15, 0.2) is 0 Å². The van der Waals surface area contributed by atoms with Crippen LogP contribution in [0, 0.1) is 5.92 Å². The zero-order valence-corrected chi connectivity index (χ0v) is 12.6. The first-order valence-electron chi connectivity index (χ1n) is 6.44. The summed E-state index contributed by atoms with van der Waals surface area (Å²) in [5.74, 6) is 0.566. The molecule has 100 valence electrons. The van der Waals surface area contributed by atoms with Crippen LogP contribution in [0.25, 0.3) is 0 Å². The Morgan fingerprint density at radius 2 is 1.83 bits per heavy atom. The van der Waals surface area contributed by atoms with Gasteiger partial charge < -0.3 is 10.2 Å². The van der Waals surface area contributed by atoms with Gasteiger partial charge in [-0.15, -0.1) is 0 Å². The molecule has 2 nitrogen and oxygen atoms in total. The molecule has 1 aromatic rings. The van der Waals surface area contributed by atoms with E-state index in [-0.39, 0.29) is 0 Å². The number of halogens is 2. The predicted octanol–water partition coefficient (Wildman–Crippen LogP) is 3.82. The van der Waals surface area contributed by atoms with Gasteiger partial charge in [-0.2, -0.15) is 0 Å². The van der Waals surface area contributed by atoms with Gasteiger partial charge in [0.05, 0.1) is 15.7 Å². The van der Waals surface area contributed by atoms with Crippen molar-refractivity contribution >= 4 is 28.9 Å². The highest BCUT2D eigenvalue weighted by molar-refractivity contribution is 6.39. The number of rotatable bonds is 2. The first kappa shape index (κ1) is 14.0. The van der Waals surface area contributed by atoms with Crippen LogP contribution in [0.15, 0.2) is 18.2 Å². The monoisotopic (exact) mass is 286 g/mol. The summed E-state index contributed by atoms with van der Waals surface area (Å²) in [7, 11) is 2.03. The third-order valence-corrected chi connectivity index (χ3v) is 4.77. The van der Waals surface area contributed by atoms with E-state index in [0.717, 1.165) is 28.7 Å². The Bertz CT molecular complexity index is 402. The van der Waals surface area contributed by atoms with Crippen LogP contribution in [0.5, 0.6) is 0 Å². The van der Waals surface area contributed by atoms with E-state index < -0.39 is 0 Å². The molecule has 3 unspecified atom stereocenters. The minimum Gasteiger partial charge on any atom is -0.366 e. The fourth-order valence-corrected chi connectivity index (χ4v) is 3.47. The summed E-state index contributed by atoms with van der Waals surface area (Å²) in [6.45, 7) is 5.51. The predicted molar refractivity (Wildman–Crippen MR) is 79.9 cm³/mol. The van der Waals surface area contributed by atoms with E-state index in [1.165, 1.54) is 0 Å². The van der Waals surface area contributed by atoms with Crippen LogP contribution < -0.4 is 10.2 Å². The summed E-state index contributed by atoms with van der Waals surface area (Å²) in [5.41, 5.74) is 0.981. The van der Waals surface area contributed by atoms with E-state index in [0.29, 0.717) is 18.0 Å². The van der Waals surface area contributed by atoms with Gasteiger partial charge in [0.2, 0.25) is 0 Å². The Morgan fingerprint density at radius 1 is 1.22 bits per heavy atom. The molecule has 0 bridgehead atoms. The minimum absolute atomic E-state index is 0.425. The lowest BCUT2D eigenvalue weighted by atomic mass is 9.87. The molecule has 1 heterocycles. The SMILES string of the molecule is CNC1CCN(c2c(Cl)cccc2Cl)C(C)C1C. The normalized spacial score (nSPS) is 28.5. The van der Waals surface area contributed by atoms with Crippen LogP contribution in [-0.2, 0) is 0 Å². The maximum absolute atomic E-state index is 6.30. The van der Waals surface area contributed by atoms with Crippen molar-refractivity contribution in [3.63, 3.8) is 0 Å². The maximum Gasteiger partial charge on any atom is 0.0747 e. The zero-order chi connectivity index (χ0) is 13.3. The number of hydrogen-bond donors (Lipinski definition) is 1. The summed E-state index contributed by atoms with van der Waals surface area (Å²) in [6.07, 6.45) is 1.11. The second kappa shape index (κ2) is 5.68. The second-order valence-corrected chi connectivity index (χ2v) is 5.86. The Morgan fingerprint density at radius 3 is 2.39 bits per heavy atom. The highest BCUT2D eigenvalue weighted by Gasteiger charge is 2.33. The quantitative estimate of drug-likeness (QED) is 0.889. The van der Waals surface area contributed by atoms with Gasteiger partial charge in [-0.25, -0.2) is 0 Å². The molecule has 0 radical (unpaired) electrons. The third-order valence-electron chi connectivity index (χ3n) is 4.16. The molecule has 0 amide bonds. The molecule has 0 spiro atoms. The fourth-order valence-electron chi connectivity index (χ4n) is 2.85. The topological polar surface area (TPSA) is 15.3 Å². The van der Waals surface area contributed by atoms with Crippen LogP contribution in [0.3, 0.4) is 0 Å². The van der Waals surface area contributed by atoms with Gasteiger partial charge in [-0.1, -0.05) is 36.2 Å². The van der Waals surface area contributed by atoms with Gasteiger partial charge >= 0.3 is 0 Å². The molecule has 1 aliphatic heterocycles. The van der Waals surface area contributed by atoms with E-state index in [2.05, 4.69) is 24.1 Å². The molecule has 2 rings (SSSR count). The van der Waals surface area contributed by atoms with Crippen LogP contribution in [0.2, 0.25) is 10.0 Å². The lowest BCUT2D eigenvalue weighted by Crippen LogP contribution is -2.53. The fraction of sp³-hybridized carbons (Fsp3) is 0.571. The number of benzene rings is 1. The van der Waals surface area contributed by atoms with E-state index in [1.54, 1.807) is 0 Å². The number of para-hydroxylation sites is 1. The van der Waals surface area contributed by atoms with Gasteiger partial charge in [0.1, 0.15) is 0 Å². The highest BCUT2D eigenvalue weighted by atomic mass is 35.5. The molecule has 1 fully saturated rings. The molecule has 3 atom stereocenters. The van der Waals surface area contributed by atoms with Gasteiger partial charge in [-0.05, 0) is 38.4 Å². The van der Waals surface area contributed by atoms with Crippen molar-refractivity contribution in [2.75, 3.05) is 18.5 Å². The standard InChI is InChI=1S/C14H20Cl2N2/c1-9-10(2)18(8-7-13(9)17-3)14-11(15)5-4-6-12(14)16/h4-6,9-10,13,17H,7-8H2,1-3H3. The van der Waals surface area contributed by atoms with Crippen molar-refractivity contribution in [2.24, 2.45) is 5.92 Å². The minimum atomic E-state index is 0.425. The summed E-state index contributed by atoms with van der Waals surface area (Å²) in [5, 5.41) is 4.87. The molecule has 4 heteroatoms. The van der Waals surface area contributed by atoms with Crippen molar-refractivity contribution < 1.29 is 0 Å². The van der Waals surface area contributed by atoms with E-state index in [4.69, 9.17) is 23.2 Å². The number of hydrogen-bond acceptors (Lipinski definition) is 2. The molecule has 0 aromatic heterocycles. The Balaban J connectivity index is 2.29. The zero-order valence-electron chi connectivity index (χ0n) is 11.1. The highest BCUT2D eigenvalue weighted by Crippen LogP contribution is 2.38. The number of anilines is 1. The first-order valence-corrected chi connectivity index (χ1v) is 7.19. The summed E-state index contributed by atoms with van der Waals surface area (Å²) in [6, 6.07) is 6.70. The maximum atomic E-state index is 6.30. The average Bonchev–Trinajstić information content (AvgIpc) is 2.34. The van der Waals surface area contributed by atoms with Crippen LogP contribution in [0.1, 0.15) is 20.3 Å². The smallest absolute Gasteiger partial charge is 0.0747 e. The molecule has 1 aromatic carbocycles. The third kappa shape index (κ3) is 2.47. The molecule has 0 saturated carbocycles. The Labute approximate surface area is 119 Å². The van der Waals surface area contributed by atoms with Gasteiger partial charge in [0, 0.05) is 18.6 Å². The number of nitrogens with one attached hydrogen (secondary N) is 1. The van der Waals surface area contributed by atoms with Crippen molar-refractivity contribution in [2.45, 2.75) is 32.4 Å². The van der Waals surface area contributed by atoms with Gasteiger partial charge in [0.25, 0.3) is 0 Å². The Kier molecular flexibility index (Phi) is 4.41. The molecular formula is C14H20Cl2N2. The molecule has 18 heavy (non-hydrogen) atoms. The van der Waals surface area contributed by atoms with Crippen molar-refractivity contribution in [1.82, 2.24) is 5.32 Å². The van der Waals surface area contributed by atoms with Crippen LogP contribution in [-0.4, -0.2) is 25.7 Å². The largest absolute Gasteiger partial charge is 0.366 e. The van der Waals surface area contributed by atoms with E-state index in [9.17, 15) is 0 Å². The Hall–Kier alpha value is -0.440. The van der Waals surface area contributed by atoms with Crippen LogP contribution in [0.4, 0.5) is 5.69 Å². The molecule has 1 aliphatic rings. The molecular weight excluding hydrogens is 267 g/mol. The van der Waals surface area contributed by atoms with Crippen molar-refractivity contribution in [3.8, 4) is 0 Å². The lowest BCUT2D eigenvalue weighted by molar-refractivity contribution is 0.283. The average molecular weight is 287 g/mol. The summed E-state index contributed by atoms with van der Waals surface area (Å²) >= 11 is 12.6. The lowest BCUT2D eigenvalue weighted by Gasteiger charge is -2.44. The van der Waals surface area contributed by atoms with Crippen molar-refractivity contribution in [1.29, 1.82) is 0 Å². The number of nitrogens with zero attached hydrogens (tertiary/aromatic N) is 1. The van der Waals surface area contributed by atoms with Crippen LogP contribution >= 0.6 is 23.2 Å². The first-order chi connectivity index (χ1) is 8.56. The van der Waals surface area contributed by atoms with Gasteiger partial charge in [-0.3, -0.25) is 0 Å². The van der Waals surface area contributed by atoms with E-state index in [1.807, 2.05) is 25.2 Å². The van der Waals surface area contributed by atoms with E-state index >= 15 is 0 Å². The summed E-state index contributed by atoms with van der Waals surface area (Å²) < 4.78 is 0. The molecule has 1 N–H and O–H groups in total. The second-order valence-electron chi connectivity index (χ2n) is 5.05. The molecule has 0 aliphatic carbocycles. The van der Waals surface area contributed by atoms with Crippen molar-refractivity contribution in [3.05, 3.63) is 28.2 Å². The molecule has 1 saturated heterocycles.